The molecule has 120 valence electrons. The van der Waals surface area contributed by atoms with Gasteiger partial charge in [0.05, 0.1) is 6.04 Å². The van der Waals surface area contributed by atoms with Gasteiger partial charge in [-0.15, -0.1) is 0 Å². The van der Waals surface area contributed by atoms with Crippen LogP contribution in [0.2, 0.25) is 0 Å². The molecule has 3 heterocycles. The first-order valence-electron chi connectivity index (χ1n) is 7.35. The Morgan fingerprint density at radius 2 is 1.96 bits per heavy atom. The van der Waals surface area contributed by atoms with Crippen LogP contribution in [0.1, 0.15) is 30.1 Å². The summed E-state index contributed by atoms with van der Waals surface area (Å²) < 4.78 is 45.1. The van der Waals surface area contributed by atoms with Crippen molar-refractivity contribution >= 4 is 13.3 Å². The standard InChI is InChI=1S/C15H15BF3N3O/c16-12-8-21-22(9-12)14(10-3-5-23-6-4-10)11-1-2-13(20-7-11)15(17,18)19/h1-2,7-10,14H,3-6H2. The quantitative estimate of drug-likeness (QED) is 0.813. The Balaban J connectivity index is 1.94. The van der Waals surface area contributed by atoms with Gasteiger partial charge in [-0.3, -0.25) is 9.67 Å². The second-order valence-electron chi connectivity index (χ2n) is 5.62. The average molecular weight is 321 g/mol. The molecular formula is C15H15BF3N3O. The van der Waals surface area contributed by atoms with Gasteiger partial charge in [0.2, 0.25) is 0 Å². The van der Waals surface area contributed by atoms with E-state index < -0.39 is 11.9 Å². The first-order chi connectivity index (χ1) is 10.9. The molecule has 23 heavy (non-hydrogen) atoms. The van der Waals surface area contributed by atoms with Gasteiger partial charge < -0.3 is 4.74 Å². The van der Waals surface area contributed by atoms with Gasteiger partial charge in [0.1, 0.15) is 13.5 Å². The Hall–Kier alpha value is -1.83. The van der Waals surface area contributed by atoms with Crippen molar-refractivity contribution in [3.05, 3.63) is 42.0 Å². The van der Waals surface area contributed by atoms with Crippen molar-refractivity contribution < 1.29 is 17.9 Å². The minimum atomic E-state index is -4.44. The Bertz CT molecular complexity index is 651. The lowest BCUT2D eigenvalue weighted by molar-refractivity contribution is -0.141. The second-order valence-corrected chi connectivity index (χ2v) is 5.62. The summed E-state index contributed by atoms with van der Waals surface area (Å²) in [5, 5.41) is 4.24. The van der Waals surface area contributed by atoms with Gasteiger partial charge >= 0.3 is 6.18 Å². The molecule has 0 spiro atoms. The van der Waals surface area contributed by atoms with Crippen molar-refractivity contribution in [3.63, 3.8) is 0 Å². The molecule has 1 unspecified atom stereocenters. The monoisotopic (exact) mass is 321 g/mol. The average Bonchev–Trinajstić information content (AvgIpc) is 2.94. The third-order valence-corrected chi connectivity index (χ3v) is 4.04. The summed E-state index contributed by atoms with van der Waals surface area (Å²) in [6.07, 6.45) is 1.68. The van der Waals surface area contributed by atoms with E-state index in [-0.39, 0.29) is 12.0 Å². The highest BCUT2D eigenvalue weighted by Crippen LogP contribution is 2.34. The van der Waals surface area contributed by atoms with Gasteiger partial charge in [-0.1, -0.05) is 11.5 Å². The number of halogens is 3. The highest BCUT2D eigenvalue weighted by atomic mass is 19.4. The minimum Gasteiger partial charge on any atom is -0.381 e. The third kappa shape index (κ3) is 3.58. The number of nitrogens with zero attached hydrogens (tertiary/aromatic N) is 3. The smallest absolute Gasteiger partial charge is 0.381 e. The number of pyridine rings is 1. The SMILES string of the molecule is [B]c1cnn(C(c2ccc(C(F)(F)F)nc2)C2CCOCC2)c1. The Morgan fingerprint density at radius 3 is 2.48 bits per heavy atom. The molecule has 2 aromatic rings. The van der Waals surface area contributed by atoms with Gasteiger partial charge in [0, 0.05) is 31.8 Å². The summed E-state index contributed by atoms with van der Waals surface area (Å²) in [5.74, 6) is 0.210. The van der Waals surface area contributed by atoms with Crippen molar-refractivity contribution in [1.82, 2.24) is 14.8 Å². The summed E-state index contributed by atoms with van der Waals surface area (Å²) in [6.45, 7) is 1.26. The van der Waals surface area contributed by atoms with Crippen LogP contribution < -0.4 is 5.46 Å². The van der Waals surface area contributed by atoms with Crippen LogP contribution in [0.25, 0.3) is 0 Å². The van der Waals surface area contributed by atoms with Crippen LogP contribution in [0.4, 0.5) is 13.2 Å². The van der Waals surface area contributed by atoms with E-state index in [0.717, 1.165) is 18.9 Å². The van der Waals surface area contributed by atoms with Gasteiger partial charge in [0.25, 0.3) is 0 Å². The fraction of sp³-hybridized carbons (Fsp3) is 0.467. The van der Waals surface area contributed by atoms with Crippen LogP contribution in [-0.2, 0) is 10.9 Å². The molecular weight excluding hydrogens is 306 g/mol. The van der Waals surface area contributed by atoms with E-state index in [0.29, 0.717) is 24.2 Å². The van der Waals surface area contributed by atoms with Gasteiger partial charge in [-0.2, -0.15) is 18.3 Å². The molecule has 1 saturated heterocycles. The zero-order valence-electron chi connectivity index (χ0n) is 12.3. The Labute approximate surface area is 133 Å². The molecule has 0 N–H and O–H groups in total. The number of ether oxygens (including phenoxy) is 1. The van der Waals surface area contributed by atoms with E-state index in [9.17, 15) is 13.2 Å². The Kier molecular flexibility index (Phi) is 4.43. The van der Waals surface area contributed by atoms with E-state index in [4.69, 9.17) is 12.6 Å². The molecule has 1 aliphatic heterocycles. The van der Waals surface area contributed by atoms with Crippen LogP contribution in [0.15, 0.2) is 30.7 Å². The molecule has 8 heteroatoms. The molecule has 1 fully saturated rings. The van der Waals surface area contributed by atoms with Gasteiger partial charge in [-0.25, -0.2) is 0 Å². The second kappa shape index (κ2) is 6.35. The van der Waals surface area contributed by atoms with Crippen molar-refractivity contribution in [3.8, 4) is 0 Å². The molecule has 4 nitrogen and oxygen atoms in total. The highest BCUT2D eigenvalue weighted by molar-refractivity contribution is 6.31. The summed E-state index contributed by atoms with van der Waals surface area (Å²) in [5.41, 5.74) is 0.307. The van der Waals surface area contributed by atoms with E-state index in [2.05, 4.69) is 10.1 Å². The van der Waals surface area contributed by atoms with Crippen LogP contribution in [-0.4, -0.2) is 35.8 Å². The topological polar surface area (TPSA) is 39.9 Å². The molecule has 0 amide bonds. The van der Waals surface area contributed by atoms with E-state index in [1.165, 1.54) is 18.5 Å². The molecule has 0 aromatic carbocycles. The van der Waals surface area contributed by atoms with Crippen molar-refractivity contribution in [2.75, 3.05) is 13.2 Å². The van der Waals surface area contributed by atoms with Gasteiger partial charge in [-0.05, 0) is 30.4 Å². The van der Waals surface area contributed by atoms with Gasteiger partial charge in [0.15, 0.2) is 0 Å². The summed E-state index contributed by atoms with van der Waals surface area (Å²) >= 11 is 0. The third-order valence-electron chi connectivity index (χ3n) is 4.04. The number of hydrogen-bond acceptors (Lipinski definition) is 3. The zero-order chi connectivity index (χ0) is 16.4. The molecule has 0 saturated carbocycles. The molecule has 2 aromatic heterocycles. The lowest BCUT2D eigenvalue weighted by Crippen LogP contribution is -2.27. The summed E-state index contributed by atoms with van der Waals surface area (Å²) in [7, 11) is 5.73. The maximum absolute atomic E-state index is 12.7. The van der Waals surface area contributed by atoms with E-state index in [1.54, 1.807) is 10.9 Å². The number of rotatable bonds is 3. The predicted molar refractivity (Wildman–Crippen MR) is 78.5 cm³/mol. The van der Waals surface area contributed by atoms with Crippen molar-refractivity contribution in [1.29, 1.82) is 0 Å². The van der Waals surface area contributed by atoms with Crippen LogP contribution in [0.3, 0.4) is 0 Å². The number of alkyl halides is 3. The van der Waals surface area contributed by atoms with Crippen LogP contribution in [0.5, 0.6) is 0 Å². The minimum absolute atomic E-state index is 0.203. The first-order valence-corrected chi connectivity index (χ1v) is 7.35. The maximum atomic E-state index is 12.7. The molecule has 3 rings (SSSR count). The summed E-state index contributed by atoms with van der Waals surface area (Å²) in [4.78, 5) is 3.57. The van der Waals surface area contributed by atoms with E-state index >= 15 is 0 Å². The Morgan fingerprint density at radius 1 is 1.22 bits per heavy atom. The molecule has 1 atom stereocenters. The largest absolute Gasteiger partial charge is 0.433 e. The molecule has 2 radical (unpaired) electrons. The maximum Gasteiger partial charge on any atom is 0.433 e. The van der Waals surface area contributed by atoms with Crippen LogP contribution >= 0.6 is 0 Å². The molecule has 0 aliphatic carbocycles. The normalized spacial score (nSPS) is 18.0. The molecule has 1 aliphatic rings. The number of hydrogen-bond donors (Lipinski definition) is 0. The first kappa shape index (κ1) is 16.0. The molecule has 0 bridgehead atoms. The van der Waals surface area contributed by atoms with E-state index in [1.807, 2.05) is 0 Å². The lowest BCUT2D eigenvalue weighted by Gasteiger charge is -2.30. The van der Waals surface area contributed by atoms with Crippen LogP contribution in [0, 0.1) is 5.92 Å². The highest BCUT2D eigenvalue weighted by Gasteiger charge is 2.33. The number of aromatic nitrogens is 3. The zero-order valence-corrected chi connectivity index (χ0v) is 12.3. The predicted octanol–water partition coefficient (Wildman–Crippen LogP) is 2.11. The fourth-order valence-corrected chi connectivity index (χ4v) is 2.93. The fourth-order valence-electron chi connectivity index (χ4n) is 2.93. The van der Waals surface area contributed by atoms with Crippen molar-refractivity contribution in [2.45, 2.75) is 25.1 Å². The van der Waals surface area contributed by atoms with Crippen molar-refractivity contribution in [2.24, 2.45) is 5.92 Å². The summed E-state index contributed by atoms with van der Waals surface area (Å²) in [6, 6.07) is 2.27. The lowest BCUT2D eigenvalue weighted by atomic mass is 9.87.